The van der Waals surface area contributed by atoms with E-state index in [0.29, 0.717) is 24.2 Å². The minimum Gasteiger partial charge on any atom is -0.332 e. The molecule has 5 heteroatoms. The number of hydrogen-bond acceptors (Lipinski definition) is 3. The maximum absolute atomic E-state index is 14.3. The van der Waals surface area contributed by atoms with Crippen molar-refractivity contribution >= 4 is 17.7 Å². The Morgan fingerprint density at radius 2 is 0.972 bits per heavy atom. The van der Waals surface area contributed by atoms with Gasteiger partial charge in [0.15, 0.2) is 0 Å². The summed E-state index contributed by atoms with van der Waals surface area (Å²) in [6.07, 6.45) is 0.241. The quantitative estimate of drug-likeness (QED) is 0.333. The first-order chi connectivity index (χ1) is 17.6. The Morgan fingerprint density at radius 3 is 1.42 bits per heavy atom. The molecule has 0 aromatic heterocycles. The van der Waals surface area contributed by atoms with Gasteiger partial charge in [-0.15, -0.1) is 0 Å². The molecule has 0 radical (unpaired) electrons. The molecule has 0 saturated heterocycles. The zero-order chi connectivity index (χ0) is 24.9. The van der Waals surface area contributed by atoms with Crippen LogP contribution in [0.5, 0.6) is 0 Å². The first-order valence-corrected chi connectivity index (χ1v) is 12.0. The van der Waals surface area contributed by atoms with Gasteiger partial charge in [0.05, 0.1) is 11.1 Å². The zero-order valence-electron chi connectivity index (χ0n) is 19.8. The second kappa shape index (κ2) is 10.4. The first kappa shape index (κ1) is 23.2. The fourth-order valence-electron chi connectivity index (χ4n) is 4.65. The topological polar surface area (TPSA) is 57.7 Å². The molecule has 5 rings (SSSR count). The van der Waals surface area contributed by atoms with Gasteiger partial charge in [0.25, 0.3) is 11.8 Å². The fraction of sp³-hybridized carbons (Fsp3) is 0.129. The van der Waals surface area contributed by atoms with Crippen molar-refractivity contribution in [2.75, 3.05) is 0 Å². The van der Waals surface area contributed by atoms with E-state index in [2.05, 4.69) is 0 Å². The molecular formula is C31H26N2O3. The molecule has 3 amide bonds. The molecule has 36 heavy (non-hydrogen) atoms. The summed E-state index contributed by atoms with van der Waals surface area (Å²) in [5, 5.41) is 0. The average Bonchev–Trinajstić information content (AvgIpc) is 3.18. The van der Waals surface area contributed by atoms with E-state index in [0.717, 1.165) is 21.6 Å². The predicted octanol–water partition coefficient (Wildman–Crippen LogP) is 5.12. The number of benzene rings is 4. The van der Waals surface area contributed by atoms with Crippen molar-refractivity contribution in [3.05, 3.63) is 143 Å². The third kappa shape index (κ3) is 4.82. The lowest BCUT2D eigenvalue weighted by atomic mass is 10.0. The first-order valence-electron chi connectivity index (χ1n) is 12.0. The molecule has 0 bridgehead atoms. The fourth-order valence-corrected chi connectivity index (χ4v) is 4.65. The van der Waals surface area contributed by atoms with Crippen LogP contribution in [-0.2, 0) is 24.3 Å². The van der Waals surface area contributed by atoms with Crippen molar-refractivity contribution in [3.8, 4) is 0 Å². The van der Waals surface area contributed by atoms with Gasteiger partial charge in [0.2, 0.25) is 5.91 Å². The van der Waals surface area contributed by atoms with Gasteiger partial charge >= 0.3 is 0 Å². The Balaban J connectivity index is 1.53. The van der Waals surface area contributed by atoms with E-state index < -0.39 is 17.9 Å². The normalized spacial score (nSPS) is 13.4. The van der Waals surface area contributed by atoms with Crippen LogP contribution in [0.1, 0.15) is 37.4 Å². The van der Waals surface area contributed by atoms with Crippen molar-refractivity contribution in [1.82, 2.24) is 9.80 Å². The number of carbonyl (C=O) groups excluding carboxylic acids is 3. The van der Waals surface area contributed by atoms with Crippen molar-refractivity contribution in [1.29, 1.82) is 0 Å². The predicted molar refractivity (Wildman–Crippen MR) is 138 cm³/mol. The lowest BCUT2D eigenvalue weighted by Gasteiger charge is -2.32. The van der Waals surface area contributed by atoms with Gasteiger partial charge in [-0.25, -0.2) is 0 Å². The van der Waals surface area contributed by atoms with Crippen LogP contribution < -0.4 is 0 Å². The third-order valence-corrected chi connectivity index (χ3v) is 6.44. The standard InChI is InChI=1S/C31H26N2O3/c34-29-26-18-10-11-19-27(26)30(35)33(29)28(20-23-12-4-1-5-13-23)31(36)32(21-24-14-6-2-7-15-24)22-25-16-8-3-9-17-25/h1-19,28H,20-22H2. The van der Waals surface area contributed by atoms with Crippen molar-refractivity contribution < 1.29 is 14.4 Å². The Hall–Kier alpha value is -4.51. The highest BCUT2D eigenvalue weighted by molar-refractivity contribution is 6.22. The number of fused-ring (bicyclic) bond motifs is 1. The molecule has 0 aliphatic carbocycles. The molecule has 0 saturated carbocycles. The molecule has 4 aromatic carbocycles. The SMILES string of the molecule is O=C(C(Cc1ccccc1)N1C(=O)c2ccccc2C1=O)N(Cc1ccccc1)Cc1ccccc1. The van der Waals surface area contributed by atoms with Gasteiger partial charge in [0, 0.05) is 19.5 Å². The van der Waals surface area contributed by atoms with Crippen LogP contribution in [0.15, 0.2) is 115 Å². The van der Waals surface area contributed by atoms with E-state index in [1.807, 2.05) is 91.0 Å². The van der Waals surface area contributed by atoms with E-state index in [1.54, 1.807) is 29.2 Å². The highest BCUT2D eigenvalue weighted by Crippen LogP contribution is 2.27. The average molecular weight is 475 g/mol. The Labute approximate surface area is 210 Å². The molecule has 1 unspecified atom stereocenters. The summed E-state index contributed by atoms with van der Waals surface area (Å²) in [4.78, 5) is 44.0. The molecular weight excluding hydrogens is 448 g/mol. The van der Waals surface area contributed by atoms with Crippen LogP contribution in [0.25, 0.3) is 0 Å². The van der Waals surface area contributed by atoms with E-state index in [9.17, 15) is 14.4 Å². The second-order valence-corrected chi connectivity index (χ2v) is 8.90. The van der Waals surface area contributed by atoms with Gasteiger partial charge in [-0.3, -0.25) is 19.3 Å². The summed E-state index contributed by atoms with van der Waals surface area (Å²) < 4.78 is 0. The minimum atomic E-state index is -0.966. The van der Waals surface area contributed by atoms with Gasteiger partial charge in [-0.2, -0.15) is 0 Å². The number of amides is 3. The highest BCUT2D eigenvalue weighted by Gasteiger charge is 2.43. The van der Waals surface area contributed by atoms with Crippen LogP contribution in [-0.4, -0.2) is 33.6 Å². The summed E-state index contributed by atoms with van der Waals surface area (Å²) >= 11 is 0. The Morgan fingerprint density at radius 1 is 0.583 bits per heavy atom. The van der Waals surface area contributed by atoms with Crippen LogP contribution >= 0.6 is 0 Å². The molecule has 0 N–H and O–H groups in total. The molecule has 0 spiro atoms. The summed E-state index contributed by atoms with van der Waals surface area (Å²) in [6, 6.07) is 34.8. The van der Waals surface area contributed by atoms with Gasteiger partial charge in [-0.1, -0.05) is 103 Å². The molecule has 4 aromatic rings. The molecule has 0 fully saturated rings. The summed E-state index contributed by atoms with van der Waals surface area (Å²) in [5.41, 5.74) is 3.51. The number of carbonyl (C=O) groups is 3. The van der Waals surface area contributed by atoms with Crippen LogP contribution in [0.4, 0.5) is 0 Å². The highest BCUT2D eigenvalue weighted by atomic mass is 16.2. The number of hydrogen-bond donors (Lipinski definition) is 0. The van der Waals surface area contributed by atoms with Crippen molar-refractivity contribution in [2.24, 2.45) is 0 Å². The molecule has 1 aliphatic heterocycles. The van der Waals surface area contributed by atoms with E-state index in [1.165, 1.54) is 0 Å². The van der Waals surface area contributed by atoms with E-state index >= 15 is 0 Å². The smallest absolute Gasteiger partial charge is 0.262 e. The summed E-state index contributed by atoms with van der Waals surface area (Å²) in [7, 11) is 0. The van der Waals surface area contributed by atoms with Gasteiger partial charge < -0.3 is 4.90 Å². The maximum Gasteiger partial charge on any atom is 0.262 e. The largest absolute Gasteiger partial charge is 0.332 e. The number of nitrogens with zero attached hydrogens (tertiary/aromatic N) is 2. The van der Waals surface area contributed by atoms with Gasteiger partial charge in [-0.05, 0) is 28.8 Å². The van der Waals surface area contributed by atoms with Crippen LogP contribution in [0.2, 0.25) is 0 Å². The Kier molecular flexibility index (Phi) is 6.72. The summed E-state index contributed by atoms with van der Waals surface area (Å²) in [6.45, 7) is 0.728. The monoisotopic (exact) mass is 474 g/mol. The van der Waals surface area contributed by atoms with Crippen molar-refractivity contribution in [3.63, 3.8) is 0 Å². The third-order valence-electron chi connectivity index (χ3n) is 6.44. The van der Waals surface area contributed by atoms with E-state index in [4.69, 9.17) is 0 Å². The van der Waals surface area contributed by atoms with Crippen molar-refractivity contribution in [2.45, 2.75) is 25.6 Å². The van der Waals surface area contributed by atoms with E-state index in [-0.39, 0.29) is 12.3 Å². The Bertz CT molecular complexity index is 1290. The molecule has 178 valence electrons. The van der Waals surface area contributed by atoms with Gasteiger partial charge in [0.1, 0.15) is 6.04 Å². The minimum absolute atomic E-state index is 0.241. The number of imide groups is 1. The zero-order valence-corrected chi connectivity index (χ0v) is 19.8. The maximum atomic E-state index is 14.3. The molecule has 5 nitrogen and oxygen atoms in total. The lowest BCUT2D eigenvalue weighted by Crippen LogP contribution is -2.51. The lowest BCUT2D eigenvalue weighted by molar-refractivity contribution is -0.136. The molecule has 1 aliphatic rings. The molecule has 1 heterocycles. The number of rotatable bonds is 8. The second-order valence-electron chi connectivity index (χ2n) is 8.90. The van der Waals surface area contributed by atoms with Crippen LogP contribution in [0, 0.1) is 0 Å². The summed E-state index contributed by atoms with van der Waals surface area (Å²) in [5.74, 6) is -1.12. The van der Waals surface area contributed by atoms with Crippen LogP contribution in [0.3, 0.4) is 0 Å². The molecule has 1 atom stereocenters.